The number of nitrogens with zero attached hydrogens (tertiary/aromatic N) is 1. The zero-order valence-electron chi connectivity index (χ0n) is 16.6. The van der Waals surface area contributed by atoms with E-state index in [0.29, 0.717) is 18.4 Å². The maximum absolute atomic E-state index is 12.4. The molecule has 1 saturated heterocycles. The topological polar surface area (TPSA) is 105 Å². The molecule has 2 rings (SSSR count). The minimum atomic E-state index is -0.697. The lowest BCUT2D eigenvalue weighted by atomic mass is 9.77. The number of carbonyl (C=O) groups excluding carboxylic acids is 4. The van der Waals surface area contributed by atoms with Crippen LogP contribution in [0.5, 0.6) is 0 Å². The van der Waals surface area contributed by atoms with Gasteiger partial charge >= 0.3 is 12.0 Å². The van der Waals surface area contributed by atoms with Gasteiger partial charge in [0.2, 0.25) is 5.91 Å². The van der Waals surface area contributed by atoms with E-state index in [1.165, 1.54) is 6.42 Å². The van der Waals surface area contributed by atoms with Crippen molar-refractivity contribution in [2.75, 3.05) is 13.2 Å². The number of esters is 1. The van der Waals surface area contributed by atoms with Gasteiger partial charge in [-0.25, -0.2) is 4.79 Å². The van der Waals surface area contributed by atoms with Gasteiger partial charge in [-0.3, -0.25) is 19.7 Å². The van der Waals surface area contributed by atoms with Crippen LogP contribution < -0.4 is 10.6 Å². The first-order valence-corrected chi connectivity index (χ1v) is 9.75. The van der Waals surface area contributed by atoms with Crippen molar-refractivity contribution in [2.45, 2.75) is 65.5 Å². The van der Waals surface area contributed by atoms with Gasteiger partial charge in [0, 0.05) is 25.0 Å². The van der Waals surface area contributed by atoms with Gasteiger partial charge < -0.3 is 15.0 Å². The summed E-state index contributed by atoms with van der Waals surface area (Å²) in [6, 6.07) is -0.573. The van der Waals surface area contributed by atoms with Crippen molar-refractivity contribution in [3.8, 4) is 0 Å². The zero-order chi connectivity index (χ0) is 20.1. The second-order valence-electron chi connectivity index (χ2n) is 8.07. The summed E-state index contributed by atoms with van der Waals surface area (Å²) in [5, 5.41) is 4.60. The lowest BCUT2D eigenvalue weighted by molar-refractivity contribution is -0.152. The Bertz CT molecular complexity index is 592. The van der Waals surface area contributed by atoms with Gasteiger partial charge in [-0.05, 0) is 32.1 Å². The Labute approximate surface area is 160 Å². The van der Waals surface area contributed by atoms with E-state index >= 15 is 0 Å². The van der Waals surface area contributed by atoms with E-state index in [-0.39, 0.29) is 24.4 Å². The van der Waals surface area contributed by atoms with Crippen molar-refractivity contribution in [3.05, 3.63) is 0 Å². The van der Waals surface area contributed by atoms with Crippen molar-refractivity contribution >= 4 is 23.8 Å². The van der Waals surface area contributed by atoms with Gasteiger partial charge in [-0.1, -0.05) is 26.7 Å². The molecule has 0 unspecified atom stereocenters. The van der Waals surface area contributed by atoms with Crippen molar-refractivity contribution in [3.63, 3.8) is 0 Å². The second-order valence-corrected chi connectivity index (χ2v) is 8.07. The molecule has 2 aliphatic rings. The summed E-state index contributed by atoms with van der Waals surface area (Å²) < 4.78 is 5.02. The molecule has 4 amide bonds. The third kappa shape index (κ3) is 5.68. The van der Waals surface area contributed by atoms with Crippen LogP contribution in [-0.4, -0.2) is 54.0 Å². The highest BCUT2D eigenvalue weighted by Crippen LogP contribution is 2.35. The maximum atomic E-state index is 12.4. The van der Waals surface area contributed by atoms with Gasteiger partial charge in [-0.15, -0.1) is 0 Å². The quantitative estimate of drug-likeness (QED) is 0.701. The number of likely N-dealkylation sites (tertiary alicyclic amines) is 1. The van der Waals surface area contributed by atoms with E-state index < -0.39 is 30.4 Å². The molecule has 4 atom stereocenters. The molecule has 0 spiro atoms. The molecule has 27 heavy (non-hydrogen) atoms. The third-order valence-electron chi connectivity index (χ3n) is 5.57. The highest BCUT2D eigenvalue weighted by Gasteiger charge is 2.42. The van der Waals surface area contributed by atoms with Crippen molar-refractivity contribution < 1.29 is 23.9 Å². The molecule has 8 nitrogen and oxygen atoms in total. The first-order valence-electron chi connectivity index (χ1n) is 9.75. The van der Waals surface area contributed by atoms with E-state index in [1.54, 1.807) is 13.8 Å². The summed E-state index contributed by atoms with van der Waals surface area (Å²) in [4.78, 5) is 49.6. The zero-order valence-corrected chi connectivity index (χ0v) is 16.6. The predicted octanol–water partition coefficient (Wildman–Crippen LogP) is 1.44. The van der Waals surface area contributed by atoms with Crippen LogP contribution in [-0.2, 0) is 19.1 Å². The highest BCUT2D eigenvalue weighted by molar-refractivity contribution is 5.96. The summed E-state index contributed by atoms with van der Waals surface area (Å²) in [5.41, 5.74) is 0. The van der Waals surface area contributed by atoms with E-state index in [1.807, 2.05) is 4.90 Å². The molecule has 0 aromatic rings. The number of ether oxygens (including phenoxy) is 1. The Balaban J connectivity index is 1.81. The normalized spacial score (nSPS) is 28.2. The molecule has 2 fully saturated rings. The molecule has 1 saturated carbocycles. The average molecular weight is 381 g/mol. The summed E-state index contributed by atoms with van der Waals surface area (Å²) in [7, 11) is 0. The Hall–Kier alpha value is -2.12. The van der Waals surface area contributed by atoms with Gasteiger partial charge in [0.05, 0.1) is 5.92 Å². The summed E-state index contributed by atoms with van der Waals surface area (Å²) in [6.45, 7) is 7.71. The van der Waals surface area contributed by atoms with E-state index in [9.17, 15) is 19.2 Å². The van der Waals surface area contributed by atoms with Crippen LogP contribution >= 0.6 is 0 Å². The maximum Gasteiger partial charge on any atom is 0.321 e. The molecule has 152 valence electrons. The van der Waals surface area contributed by atoms with Crippen LogP contribution in [0.1, 0.15) is 53.4 Å². The smallest absolute Gasteiger partial charge is 0.321 e. The van der Waals surface area contributed by atoms with E-state index in [0.717, 1.165) is 12.8 Å². The first-order chi connectivity index (χ1) is 12.7. The average Bonchev–Trinajstić information content (AvgIpc) is 2.96. The number of urea groups is 1. The van der Waals surface area contributed by atoms with Crippen LogP contribution in [0, 0.1) is 17.8 Å². The molecule has 1 aliphatic carbocycles. The minimum Gasteiger partial charge on any atom is -0.455 e. The molecule has 0 bridgehead atoms. The van der Waals surface area contributed by atoms with E-state index in [2.05, 4.69) is 24.5 Å². The Kier molecular flexibility index (Phi) is 7.21. The van der Waals surface area contributed by atoms with Gasteiger partial charge in [0.15, 0.2) is 6.61 Å². The number of rotatable bonds is 5. The molecule has 8 heteroatoms. The van der Waals surface area contributed by atoms with Gasteiger partial charge in [-0.2, -0.15) is 0 Å². The standard InChI is InChI=1S/C19H31N3O5/c1-11(2)20-19(26)21-16(23)10-27-18(25)14-8-17(24)22(9-14)15-7-5-6-12(3)13(15)4/h11-15H,5-10H2,1-4H3,(H2,20,21,23,26)/t12-,13-,14-,15+/m1/s1. The summed E-state index contributed by atoms with van der Waals surface area (Å²) >= 11 is 0. The highest BCUT2D eigenvalue weighted by atomic mass is 16.5. The van der Waals surface area contributed by atoms with Crippen molar-refractivity contribution in [1.29, 1.82) is 0 Å². The fourth-order valence-electron chi connectivity index (χ4n) is 3.92. The van der Waals surface area contributed by atoms with Crippen LogP contribution in [0.4, 0.5) is 4.79 Å². The fourth-order valence-corrected chi connectivity index (χ4v) is 3.92. The van der Waals surface area contributed by atoms with Gasteiger partial charge in [0.25, 0.3) is 5.91 Å². The lowest BCUT2D eigenvalue weighted by Gasteiger charge is -2.39. The number of hydrogen-bond donors (Lipinski definition) is 2. The lowest BCUT2D eigenvalue weighted by Crippen LogP contribution is -2.45. The van der Waals surface area contributed by atoms with Crippen LogP contribution in [0.2, 0.25) is 0 Å². The molecule has 0 radical (unpaired) electrons. The molecular formula is C19H31N3O5. The number of hydrogen-bond acceptors (Lipinski definition) is 5. The van der Waals surface area contributed by atoms with Crippen LogP contribution in [0.15, 0.2) is 0 Å². The van der Waals surface area contributed by atoms with Gasteiger partial charge in [0.1, 0.15) is 0 Å². The fraction of sp³-hybridized carbons (Fsp3) is 0.789. The third-order valence-corrected chi connectivity index (χ3v) is 5.57. The second kappa shape index (κ2) is 9.19. The molecule has 0 aromatic heterocycles. The number of carbonyl (C=O) groups is 4. The van der Waals surface area contributed by atoms with Crippen molar-refractivity contribution in [1.82, 2.24) is 15.5 Å². The number of imide groups is 1. The van der Waals surface area contributed by atoms with Crippen molar-refractivity contribution in [2.24, 2.45) is 17.8 Å². The Morgan fingerprint density at radius 2 is 1.93 bits per heavy atom. The van der Waals surface area contributed by atoms with E-state index in [4.69, 9.17) is 4.74 Å². The number of nitrogens with one attached hydrogen (secondary N) is 2. The molecule has 0 aromatic carbocycles. The SMILES string of the molecule is CC(C)NC(=O)NC(=O)COC(=O)[C@@H]1CC(=O)N([C@H]2CCC[C@@H](C)[C@H]2C)C1. The Morgan fingerprint density at radius 1 is 1.22 bits per heavy atom. The number of amides is 4. The Morgan fingerprint density at radius 3 is 2.59 bits per heavy atom. The molecule has 2 N–H and O–H groups in total. The predicted molar refractivity (Wildman–Crippen MR) is 98.6 cm³/mol. The minimum absolute atomic E-state index is 0.0244. The van der Waals surface area contributed by atoms with Crippen LogP contribution in [0.25, 0.3) is 0 Å². The monoisotopic (exact) mass is 381 g/mol. The summed E-state index contributed by atoms with van der Waals surface area (Å²) in [5.74, 6) is -0.881. The first kappa shape index (κ1) is 21.2. The largest absolute Gasteiger partial charge is 0.455 e. The molecule has 1 aliphatic heterocycles. The summed E-state index contributed by atoms with van der Waals surface area (Å²) in [6.07, 6.45) is 3.34. The molecular weight excluding hydrogens is 350 g/mol. The van der Waals surface area contributed by atoms with Crippen LogP contribution in [0.3, 0.4) is 0 Å². The molecule has 1 heterocycles.